The number of nitrogens with zero attached hydrogens (tertiary/aromatic N) is 3. The third kappa shape index (κ3) is 3.65. The van der Waals surface area contributed by atoms with Crippen molar-refractivity contribution in [2.75, 3.05) is 26.2 Å². The molecular formula is C19H26N4OS. The molecule has 25 heavy (non-hydrogen) atoms. The van der Waals surface area contributed by atoms with Gasteiger partial charge in [-0.1, -0.05) is 13.0 Å². The van der Waals surface area contributed by atoms with Gasteiger partial charge in [-0.25, -0.2) is 0 Å². The van der Waals surface area contributed by atoms with Crippen molar-refractivity contribution in [1.29, 1.82) is 0 Å². The predicted molar refractivity (Wildman–Crippen MR) is 99.9 cm³/mol. The first-order chi connectivity index (χ1) is 12.2. The maximum absolute atomic E-state index is 13.0. The summed E-state index contributed by atoms with van der Waals surface area (Å²) < 4.78 is 0. The number of hydrogen-bond donors (Lipinski definition) is 1. The number of nitrogens with one attached hydrogen (secondary N) is 1. The standard InChI is InChI=1S/C19H26N4OS/c1-14-5-6-17-16(12-14)18(21-20-17)19(24)23-8-3-7-22(9-10-23)13-15-4-2-11-25-15/h2,4,11,14H,3,5-10,12-13H2,1H3,(H,20,21). The Kier molecular flexibility index (Phi) is 4.90. The molecule has 2 aliphatic rings. The molecule has 1 aliphatic carbocycles. The van der Waals surface area contributed by atoms with Gasteiger partial charge in [0.1, 0.15) is 0 Å². The van der Waals surface area contributed by atoms with Crippen molar-refractivity contribution in [3.8, 4) is 0 Å². The Morgan fingerprint density at radius 1 is 1.36 bits per heavy atom. The lowest BCUT2D eigenvalue weighted by Gasteiger charge is -2.23. The highest BCUT2D eigenvalue weighted by molar-refractivity contribution is 7.09. The predicted octanol–water partition coefficient (Wildman–Crippen LogP) is 2.94. The van der Waals surface area contributed by atoms with E-state index in [1.807, 2.05) is 16.2 Å². The number of aryl methyl sites for hydroxylation is 1. The highest BCUT2D eigenvalue weighted by Gasteiger charge is 2.28. The largest absolute Gasteiger partial charge is 0.336 e. The highest BCUT2D eigenvalue weighted by atomic mass is 32.1. The van der Waals surface area contributed by atoms with Crippen LogP contribution < -0.4 is 0 Å². The van der Waals surface area contributed by atoms with Crippen LogP contribution >= 0.6 is 11.3 Å². The molecule has 1 aliphatic heterocycles. The summed E-state index contributed by atoms with van der Waals surface area (Å²) in [6, 6.07) is 4.30. The number of hydrogen-bond acceptors (Lipinski definition) is 4. The molecular weight excluding hydrogens is 332 g/mol. The summed E-state index contributed by atoms with van der Waals surface area (Å²) in [7, 11) is 0. The van der Waals surface area contributed by atoms with Crippen molar-refractivity contribution >= 4 is 17.2 Å². The summed E-state index contributed by atoms with van der Waals surface area (Å²) in [5, 5.41) is 9.63. The Labute approximate surface area is 153 Å². The number of amides is 1. The molecule has 6 heteroatoms. The summed E-state index contributed by atoms with van der Waals surface area (Å²) in [5.41, 5.74) is 3.02. The van der Waals surface area contributed by atoms with Crippen molar-refractivity contribution < 1.29 is 4.79 Å². The lowest BCUT2D eigenvalue weighted by Crippen LogP contribution is -2.36. The lowest BCUT2D eigenvalue weighted by molar-refractivity contribution is 0.0754. The van der Waals surface area contributed by atoms with Crippen molar-refractivity contribution in [3.05, 3.63) is 39.3 Å². The smallest absolute Gasteiger partial charge is 0.274 e. The van der Waals surface area contributed by atoms with E-state index in [1.165, 1.54) is 22.6 Å². The van der Waals surface area contributed by atoms with Crippen LogP contribution in [0.25, 0.3) is 0 Å². The Morgan fingerprint density at radius 2 is 2.28 bits per heavy atom. The van der Waals surface area contributed by atoms with Gasteiger partial charge in [-0.2, -0.15) is 5.10 Å². The van der Waals surface area contributed by atoms with Crippen molar-refractivity contribution in [3.63, 3.8) is 0 Å². The molecule has 0 bridgehead atoms. The summed E-state index contributed by atoms with van der Waals surface area (Å²) in [6.07, 6.45) is 4.21. The monoisotopic (exact) mass is 358 g/mol. The van der Waals surface area contributed by atoms with Gasteiger partial charge < -0.3 is 4.90 Å². The van der Waals surface area contributed by atoms with Crippen LogP contribution in [-0.2, 0) is 19.4 Å². The molecule has 0 saturated carbocycles. The van der Waals surface area contributed by atoms with Gasteiger partial charge >= 0.3 is 0 Å². The van der Waals surface area contributed by atoms with Crippen LogP contribution in [0.3, 0.4) is 0 Å². The fraction of sp³-hybridized carbons (Fsp3) is 0.579. The number of aromatic amines is 1. The van der Waals surface area contributed by atoms with Gasteiger partial charge in [-0.15, -0.1) is 11.3 Å². The van der Waals surface area contributed by atoms with Gasteiger partial charge in [-0.3, -0.25) is 14.8 Å². The fourth-order valence-corrected chi connectivity index (χ4v) is 4.70. The molecule has 1 N–H and O–H groups in total. The average Bonchev–Trinajstić information content (AvgIpc) is 3.20. The zero-order chi connectivity index (χ0) is 17.2. The molecule has 1 unspecified atom stereocenters. The van der Waals surface area contributed by atoms with E-state index in [1.54, 1.807) is 0 Å². The topological polar surface area (TPSA) is 52.2 Å². The van der Waals surface area contributed by atoms with Crippen LogP contribution in [0.4, 0.5) is 0 Å². The van der Waals surface area contributed by atoms with Crippen LogP contribution in [0.15, 0.2) is 17.5 Å². The van der Waals surface area contributed by atoms with E-state index >= 15 is 0 Å². The zero-order valence-electron chi connectivity index (χ0n) is 14.8. The number of fused-ring (bicyclic) bond motifs is 1. The molecule has 2 aromatic rings. The Hall–Kier alpha value is -1.66. The second-order valence-corrected chi connectivity index (χ2v) is 8.41. The first-order valence-electron chi connectivity index (χ1n) is 9.31. The Bertz CT molecular complexity index is 724. The molecule has 0 radical (unpaired) electrons. The summed E-state index contributed by atoms with van der Waals surface area (Å²) in [4.78, 5) is 18.9. The molecule has 1 fully saturated rings. The van der Waals surface area contributed by atoms with Crippen molar-refractivity contribution in [2.24, 2.45) is 5.92 Å². The molecule has 3 heterocycles. The van der Waals surface area contributed by atoms with Gasteiger partial charge in [0.2, 0.25) is 0 Å². The van der Waals surface area contributed by atoms with Crippen LogP contribution in [0.1, 0.15) is 46.4 Å². The van der Waals surface area contributed by atoms with Crippen molar-refractivity contribution in [1.82, 2.24) is 20.0 Å². The molecule has 4 rings (SSSR count). The van der Waals surface area contributed by atoms with Crippen molar-refractivity contribution in [2.45, 2.75) is 39.2 Å². The summed E-state index contributed by atoms with van der Waals surface area (Å²) >= 11 is 1.81. The van der Waals surface area contributed by atoms with Crippen LogP contribution in [0.2, 0.25) is 0 Å². The van der Waals surface area contributed by atoms with E-state index in [0.717, 1.165) is 52.0 Å². The van der Waals surface area contributed by atoms with Crippen LogP contribution in [-0.4, -0.2) is 52.1 Å². The van der Waals surface area contributed by atoms with Gasteiger partial charge in [0, 0.05) is 48.9 Å². The molecule has 0 aromatic carbocycles. The molecule has 1 atom stereocenters. The van der Waals surface area contributed by atoms with Crippen LogP contribution in [0.5, 0.6) is 0 Å². The van der Waals surface area contributed by atoms with Gasteiger partial charge in [0.25, 0.3) is 5.91 Å². The van der Waals surface area contributed by atoms with Gasteiger partial charge in [-0.05, 0) is 43.0 Å². The average molecular weight is 359 g/mol. The Morgan fingerprint density at radius 3 is 3.12 bits per heavy atom. The molecule has 1 saturated heterocycles. The SMILES string of the molecule is CC1CCc2[nH]nc(C(=O)N3CCCN(Cc4cccs4)CC3)c2C1. The van der Waals surface area contributed by atoms with E-state index < -0.39 is 0 Å². The molecule has 0 spiro atoms. The molecule has 5 nitrogen and oxygen atoms in total. The van der Waals surface area contributed by atoms with E-state index in [-0.39, 0.29) is 5.91 Å². The Balaban J connectivity index is 1.42. The summed E-state index contributed by atoms with van der Waals surface area (Å²) in [6.45, 7) is 6.87. The van der Waals surface area contributed by atoms with E-state index in [0.29, 0.717) is 11.6 Å². The molecule has 1 amide bonds. The van der Waals surface area contributed by atoms with Gasteiger partial charge in [0.05, 0.1) is 0 Å². The second-order valence-electron chi connectivity index (χ2n) is 7.38. The fourth-order valence-electron chi connectivity index (χ4n) is 3.95. The third-order valence-corrected chi connectivity index (χ3v) is 6.29. The minimum atomic E-state index is 0.115. The minimum Gasteiger partial charge on any atom is -0.336 e. The number of aromatic nitrogens is 2. The van der Waals surface area contributed by atoms with E-state index in [4.69, 9.17) is 0 Å². The first kappa shape index (κ1) is 16.8. The highest BCUT2D eigenvalue weighted by Crippen LogP contribution is 2.27. The van der Waals surface area contributed by atoms with E-state index in [9.17, 15) is 4.79 Å². The zero-order valence-corrected chi connectivity index (χ0v) is 15.6. The number of carbonyl (C=O) groups excluding carboxylic acids is 1. The number of H-pyrrole nitrogens is 1. The lowest BCUT2D eigenvalue weighted by atomic mass is 9.87. The van der Waals surface area contributed by atoms with Crippen LogP contribution in [0, 0.1) is 5.92 Å². The first-order valence-corrected chi connectivity index (χ1v) is 10.2. The minimum absolute atomic E-state index is 0.115. The maximum atomic E-state index is 13.0. The molecule has 2 aromatic heterocycles. The summed E-state index contributed by atoms with van der Waals surface area (Å²) in [5.74, 6) is 0.756. The third-order valence-electron chi connectivity index (χ3n) is 5.43. The molecule has 134 valence electrons. The normalized spacial score (nSPS) is 21.8. The van der Waals surface area contributed by atoms with Gasteiger partial charge in [0.15, 0.2) is 5.69 Å². The number of rotatable bonds is 3. The quantitative estimate of drug-likeness (QED) is 0.918. The number of carbonyl (C=O) groups is 1. The van der Waals surface area contributed by atoms with E-state index in [2.05, 4.69) is 39.5 Å². The second kappa shape index (κ2) is 7.30. The maximum Gasteiger partial charge on any atom is 0.274 e. The number of thiophene rings is 1.